The highest BCUT2D eigenvalue weighted by molar-refractivity contribution is 5.93. The van der Waals surface area contributed by atoms with Crippen molar-refractivity contribution in [2.75, 3.05) is 26.4 Å². The van der Waals surface area contributed by atoms with Gasteiger partial charge in [0.15, 0.2) is 0 Å². The number of aliphatic hydroxyl groups excluding tert-OH is 2. The van der Waals surface area contributed by atoms with Gasteiger partial charge in [-0.3, -0.25) is 0 Å². The Bertz CT molecular complexity index is 602. The number of carbonyl (C=O) groups is 4. The van der Waals surface area contributed by atoms with Crippen LogP contribution in [0.3, 0.4) is 0 Å². The first-order chi connectivity index (χ1) is 13.6. The first-order valence-corrected chi connectivity index (χ1v) is 7.64. The SMILES string of the molecule is C=CC(=O)O.C=CC(=O)O.O=C(O)c1cccc(C(=O)O)c1.OCCOCCO. The first-order valence-electron chi connectivity index (χ1n) is 7.64. The molecule has 0 atom stereocenters. The van der Waals surface area contributed by atoms with E-state index in [0.717, 1.165) is 18.2 Å². The van der Waals surface area contributed by atoms with Crippen LogP contribution in [0.4, 0.5) is 0 Å². The third-order valence-corrected chi connectivity index (χ3v) is 2.18. The summed E-state index contributed by atoms with van der Waals surface area (Å²) >= 11 is 0. The van der Waals surface area contributed by atoms with Crippen LogP contribution in [0.1, 0.15) is 20.7 Å². The maximum Gasteiger partial charge on any atom is 0.335 e. The molecule has 0 spiro atoms. The van der Waals surface area contributed by atoms with E-state index in [2.05, 4.69) is 17.9 Å². The summed E-state index contributed by atoms with van der Waals surface area (Å²) in [5.41, 5.74) is -0.0372. The smallest absolute Gasteiger partial charge is 0.335 e. The van der Waals surface area contributed by atoms with Crippen LogP contribution >= 0.6 is 0 Å². The number of carboxylic acid groups (broad SMARTS) is 4. The number of ether oxygens (including phenoxy) is 1. The summed E-state index contributed by atoms with van der Waals surface area (Å²) in [5, 5.41) is 48.4. The summed E-state index contributed by atoms with van der Waals surface area (Å²) in [4.78, 5) is 39.3. The van der Waals surface area contributed by atoms with E-state index in [1.165, 1.54) is 18.2 Å². The van der Waals surface area contributed by atoms with Gasteiger partial charge in [0.05, 0.1) is 37.6 Å². The fraction of sp³-hybridized carbons (Fsp3) is 0.222. The predicted octanol–water partition coefficient (Wildman–Crippen LogP) is 0.585. The quantitative estimate of drug-likeness (QED) is 0.256. The van der Waals surface area contributed by atoms with E-state index >= 15 is 0 Å². The molecule has 0 aromatic heterocycles. The standard InChI is InChI=1S/C8H6O4.C4H10O3.2C3H4O2/c9-7(10)5-2-1-3-6(4-5)8(11)12;5-1-3-7-4-2-6;2*1-2-3(4)5/h1-4H,(H,9,10)(H,11,12);5-6H,1-4H2;2*2H,1H2,(H,4,5). The van der Waals surface area contributed by atoms with Gasteiger partial charge in [0.2, 0.25) is 0 Å². The minimum Gasteiger partial charge on any atom is -0.478 e. The van der Waals surface area contributed by atoms with Gasteiger partial charge >= 0.3 is 23.9 Å². The Morgan fingerprint density at radius 1 is 0.793 bits per heavy atom. The third-order valence-electron chi connectivity index (χ3n) is 2.18. The Kier molecular flexibility index (Phi) is 21.6. The van der Waals surface area contributed by atoms with Crippen LogP contribution in [-0.4, -0.2) is 80.9 Å². The summed E-state index contributed by atoms with van der Waals surface area (Å²) in [6.07, 6.45) is 1.67. The van der Waals surface area contributed by atoms with Crippen molar-refractivity contribution < 1.29 is 54.6 Å². The molecule has 0 amide bonds. The van der Waals surface area contributed by atoms with Gasteiger partial charge in [-0.25, -0.2) is 19.2 Å². The molecule has 0 aliphatic carbocycles. The molecule has 0 radical (unpaired) electrons. The average molecular weight is 416 g/mol. The fourth-order valence-corrected chi connectivity index (χ4v) is 1.02. The molecule has 0 fully saturated rings. The Morgan fingerprint density at radius 2 is 1.10 bits per heavy atom. The van der Waals surface area contributed by atoms with Gasteiger partial charge in [-0.05, 0) is 18.2 Å². The highest BCUT2D eigenvalue weighted by Gasteiger charge is 2.06. The normalized spacial score (nSPS) is 8.34. The van der Waals surface area contributed by atoms with E-state index in [9.17, 15) is 19.2 Å². The van der Waals surface area contributed by atoms with Crippen molar-refractivity contribution in [3.63, 3.8) is 0 Å². The number of hydrogen-bond donors (Lipinski definition) is 6. The zero-order valence-corrected chi connectivity index (χ0v) is 15.4. The van der Waals surface area contributed by atoms with Crippen LogP contribution < -0.4 is 0 Å². The van der Waals surface area contributed by atoms with E-state index in [1.807, 2.05) is 0 Å². The molecule has 0 saturated carbocycles. The number of rotatable bonds is 8. The predicted molar refractivity (Wildman–Crippen MR) is 101 cm³/mol. The molecule has 162 valence electrons. The molecule has 29 heavy (non-hydrogen) atoms. The van der Waals surface area contributed by atoms with Crippen LogP contribution in [0, 0.1) is 0 Å². The van der Waals surface area contributed by atoms with Gasteiger partial charge in [-0.2, -0.15) is 0 Å². The molecule has 0 bridgehead atoms. The summed E-state index contributed by atoms with van der Waals surface area (Å²) in [5.74, 6) is -4.22. The van der Waals surface area contributed by atoms with Crippen LogP contribution in [0.15, 0.2) is 49.6 Å². The minimum absolute atomic E-state index is 0.0186. The molecule has 1 aromatic carbocycles. The summed E-state index contributed by atoms with van der Waals surface area (Å²) in [6.45, 7) is 6.62. The molecule has 1 rings (SSSR count). The second-order valence-corrected chi connectivity index (χ2v) is 4.34. The molecule has 0 heterocycles. The van der Waals surface area contributed by atoms with Crippen molar-refractivity contribution in [2.24, 2.45) is 0 Å². The highest BCUT2D eigenvalue weighted by Crippen LogP contribution is 2.04. The van der Waals surface area contributed by atoms with Crippen molar-refractivity contribution in [1.82, 2.24) is 0 Å². The molecule has 6 N–H and O–H groups in total. The zero-order valence-electron chi connectivity index (χ0n) is 15.4. The lowest BCUT2D eigenvalue weighted by molar-refractivity contribution is -0.132. The van der Waals surface area contributed by atoms with Gasteiger partial charge < -0.3 is 35.4 Å². The molecule has 0 saturated heterocycles. The molecule has 11 heteroatoms. The topological polar surface area (TPSA) is 199 Å². The van der Waals surface area contributed by atoms with Crippen LogP contribution in [0.5, 0.6) is 0 Å². The Morgan fingerprint density at radius 3 is 1.31 bits per heavy atom. The number of aliphatic hydroxyl groups is 2. The maximum atomic E-state index is 10.4. The molecule has 1 aromatic rings. The number of aliphatic carboxylic acids is 2. The Labute approximate surface area is 166 Å². The van der Waals surface area contributed by atoms with Gasteiger partial charge in [0.25, 0.3) is 0 Å². The van der Waals surface area contributed by atoms with Crippen LogP contribution in [0.2, 0.25) is 0 Å². The fourth-order valence-electron chi connectivity index (χ4n) is 1.02. The number of benzene rings is 1. The summed E-state index contributed by atoms with van der Waals surface area (Å²) in [7, 11) is 0. The summed E-state index contributed by atoms with van der Waals surface area (Å²) < 4.78 is 4.63. The summed E-state index contributed by atoms with van der Waals surface area (Å²) in [6, 6.07) is 5.20. The van der Waals surface area contributed by atoms with E-state index in [0.29, 0.717) is 13.2 Å². The maximum absolute atomic E-state index is 10.4. The lowest BCUT2D eigenvalue weighted by Crippen LogP contribution is -2.03. The molecular weight excluding hydrogens is 392 g/mol. The Balaban J connectivity index is -0.000000341. The molecular formula is C18H24O11. The zero-order chi connectivity index (χ0) is 23.2. The van der Waals surface area contributed by atoms with Gasteiger partial charge in [0.1, 0.15) is 0 Å². The van der Waals surface area contributed by atoms with Crippen molar-refractivity contribution in [1.29, 1.82) is 0 Å². The number of carboxylic acids is 4. The minimum atomic E-state index is -1.13. The van der Waals surface area contributed by atoms with Gasteiger partial charge in [-0.15, -0.1) is 0 Å². The van der Waals surface area contributed by atoms with E-state index in [-0.39, 0.29) is 24.3 Å². The lowest BCUT2D eigenvalue weighted by Gasteiger charge is -1.95. The lowest BCUT2D eigenvalue weighted by atomic mass is 10.1. The molecule has 0 aliphatic rings. The highest BCUT2D eigenvalue weighted by atomic mass is 16.5. The Hall–Kier alpha value is -3.54. The van der Waals surface area contributed by atoms with Crippen molar-refractivity contribution >= 4 is 23.9 Å². The second kappa shape index (κ2) is 20.8. The van der Waals surface area contributed by atoms with Crippen LogP contribution in [0.25, 0.3) is 0 Å². The first kappa shape index (κ1) is 30.2. The van der Waals surface area contributed by atoms with Crippen LogP contribution in [-0.2, 0) is 14.3 Å². The van der Waals surface area contributed by atoms with Crippen molar-refractivity contribution in [3.8, 4) is 0 Å². The third kappa shape index (κ3) is 24.5. The molecule has 0 aliphatic heterocycles. The molecule has 0 unspecified atom stereocenters. The largest absolute Gasteiger partial charge is 0.478 e. The van der Waals surface area contributed by atoms with E-state index in [4.69, 9.17) is 30.6 Å². The van der Waals surface area contributed by atoms with E-state index < -0.39 is 23.9 Å². The van der Waals surface area contributed by atoms with Gasteiger partial charge in [0, 0.05) is 12.2 Å². The van der Waals surface area contributed by atoms with Gasteiger partial charge in [-0.1, -0.05) is 19.2 Å². The monoisotopic (exact) mass is 416 g/mol. The molecule has 11 nitrogen and oxygen atoms in total. The number of hydrogen-bond acceptors (Lipinski definition) is 7. The number of aromatic carboxylic acids is 2. The second-order valence-electron chi connectivity index (χ2n) is 4.34. The van der Waals surface area contributed by atoms with Crippen molar-refractivity contribution in [3.05, 3.63) is 60.7 Å². The van der Waals surface area contributed by atoms with E-state index in [1.54, 1.807) is 0 Å². The average Bonchev–Trinajstić information content (AvgIpc) is 2.69. The van der Waals surface area contributed by atoms with Crippen molar-refractivity contribution in [2.45, 2.75) is 0 Å².